The topological polar surface area (TPSA) is 407 Å². The average Bonchev–Trinajstić information content (AvgIpc) is 0.807. The molecule has 9 aromatic heterocycles. The first kappa shape index (κ1) is 76.5. The minimum atomic E-state index is -3.31. The molecule has 0 unspecified atom stereocenters. The van der Waals surface area contributed by atoms with E-state index >= 15 is 0 Å². The molecule has 0 aliphatic heterocycles. The van der Waals surface area contributed by atoms with Gasteiger partial charge in [0.1, 0.15) is 17.5 Å². The summed E-state index contributed by atoms with van der Waals surface area (Å²) in [6.07, 6.45) is 19.9. The van der Waals surface area contributed by atoms with Crippen LogP contribution in [0.5, 0.6) is 0 Å². The Morgan fingerprint density at radius 2 is 0.655 bits per heavy atom. The van der Waals surface area contributed by atoms with Crippen molar-refractivity contribution in [2.45, 2.75) is 53.6 Å². The zero-order valence-electron chi connectivity index (χ0n) is 59.9. The third-order valence-electron chi connectivity index (χ3n) is 17.7. The van der Waals surface area contributed by atoms with E-state index in [1.807, 2.05) is 91.0 Å². The fourth-order valence-electron chi connectivity index (χ4n) is 12.0. The number of sulfone groups is 3. The van der Waals surface area contributed by atoms with E-state index in [2.05, 4.69) is 55.5 Å². The number of benzene rings is 6. The van der Waals surface area contributed by atoms with Crippen LogP contribution in [0.2, 0.25) is 0 Å². The fourth-order valence-corrected chi connectivity index (χ4v) is 14.0. The number of anilines is 3. The van der Waals surface area contributed by atoms with Crippen LogP contribution in [0.25, 0.3) is 65.0 Å². The minimum Gasteiger partial charge on any atom is -0.465 e. The maximum atomic E-state index is 12.8. The molecule has 15 rings (SSSR count). The van der Waals surface area contributed by atoms with E-state index in [0.29, 0.717) is 107 Å². The molecule has 0 atom stereocenters. The van der Waals surface area contributed by atoms with Crippen molar-refractivity contribution in [3.8, 4) is 0 Å². The summed E-state index contributed by atoms with van der Waals surface area (Å²) in [5.41, 5.74) is 34.3. The minimum absolute atomic E-state index is 0.206. The van der Waals surface area contributed by atoms with Crippen molar-refractivity contribution in [2.75, 3.05) is 43.1 Å². The molecule has 15 aromatic rings. The van der Waals surface area contributed by atoms with E-state index in [-0.39, 0.29) is 26.5 Å². The number of nitrogens with one attached hydrogen (secondary N) is 2. The smallest absolute Gasteiger partial charge is 0.337 e. The molecule has 0 aliphatic rings. The number of nitrogens with two attached hydrogens (primary N) is 4. The SMILES string of the molecule is COC(=O)c1ccnc(Cc2cnc3ccc(S(C)(=O)=O)cc3c2)c1.CS(=O)(=O)c1ccc2ncc(Cc3cc(C(=O)NCc4ccc5c(N)nccc5c4)ccn3)cc2c1.CS(=O)(=O)c1ccc2ncc(Cc3cc(C(=O)NCc4ccc5c(N)nccc5c4)ccn3)cc2c1.NCc1ccc2c(N)nccc2c1. The van der Waals surface area contributed by atoms with Crippen LogP contribution >= 0.6 is 0 Å². The van der Waals surface area contributed by atoms with Gasteiger partial charge in [0.05, 0.1) is 43.9 Å². The molecular weight excluding hydrogens is 1450 g/mol. The summed E-state index contributed by atoms with van der Waals surface area (Å²) in [6.45, 7) is 1.29. The number of carbonyl (C=O) groups is 3. The van der Waals surface area contributed by atoms with Gasteiger partial charge in [-0.2, -0.15) is 0 Å². The number of carbonyl (C=O) groups excluding carboxylic acids is 3. The van der Waals surface area contributed by atoms with Gasteiger partial charge in [-0.25, -0.2) is 45.0 Å². The normalized spacial score (nSPS) is 11.4. The van der Waals surface area contributed by atoms with Gasteiger partial charge in [0.2, 0.25) is 0 Å². The van der Waals surface area contributed by atoms with Gasteiger partial charge in [-0.3, -0.25) is 39.5 Å². The van der Waals surface area contributed by atoms with Gasteiger partial charge in [-0.05, 0) is 195 Å². The van der Waals surface area contributed by atoms with Crippen molar-refractivity contribution in [2.24, 2.45) is 5.73 Å². The van der Waals surface area contributed by atoms with Crippen molar-refractivity contribution in [1.29, 1.82) is 0 Å². The number of nitrogen functional groups attached to an aromatic ring is 3. The van der Waals surface area contributed by atoms with E-state index < -0.39 is 35.5 Å². The Morgan fingerprint density at radius 1 is 0.345 bits per heavy atom. The van der Waals surface area contributed by atoms with Gasteiger partial charge < -0.3 is 38.3 Å². The van der Waals surface area contributed by atoms with Gasteiger partial charge in [-0.15, -0.1) is 0 Å². The van der Waals surface area contributed by atoms with Gasteiger partial charge in [-0.1, -0.05) is 36.4 Å². The highest BCUT2D eigenvalue weighted by Crippen LogP contribution is 2.27. The van der Waals surface area contributed by atoms with Gasteiger partial charge in [0.15, 0.2) is 29.5 Å². The number of rotatable bonds is 17. The number of pyridine rings is 9. The Hall–Kier alpha value is -13.2. The Labute approximate surface area is 633 Å². The number of aromatic nitrogens is 9. The number of esters is 1. The fraction of sp³-hybridized carbons (Fsp3) is 0.122. The molecule has 0 radical (unpaired) electrons. The zero-order chi connectivity index (χ0) is 77.9. The van der Waals surface area contributed by atoms with E-state index in [1.165, 1.54) is 25.9 Å². The molecule has 28 heteroatoms. The number of hydrogen-bond acceptors (Lipinski definition) is 23. The Kier molecular flexibility index (Phi) is 23.2. The Bertz CT molecular complexity index is 6180. The van der Waals surface area contributed by atoms with Crippen molar-refractivity contribution in [3.05, 3.63) is 305 Å². The van der Waals surface area contributed by atoms with E-state index in [1.54, 1.807) is 147 Å². The monoisotopic (exact) mass is 1520 g/mol. The molecule has 0 fully saturated rings. The second-order valence-corrected chi connectivity index (χ2v) is 31.9. The molecule has 0 saturated carbocycles. The second kappa shape index (κ2) is 33.3. The molecule has 6 aromatic carbocycles. The van der Waals surface area contributed by atoms with Crippen LogP contribution in [0.4, 0.5) is 17.5 Å². The van der Waals surface area contributed by atoms with Crippen molar-refractivity contribution >= 4 is 130 Å². The summed E-state index contributed by atoms with van der Waals surface area (Å²) in [5.74, 6) is 0.693. The number of hydrogen-bond donors (Lipinski definition) is 6. The molecule has 2 amide bonds. The first-order chi connectivity index (χ1) is 52.7. The average molecular weight is 1520 g/mol. The van der Waals surface area contributed by atoms with Crippen LogP contribution in [-0.4, -0.2) is 114 Å². The highest BCUT2D eigenvalue weighted by atomic mass is 32.2. The molecule has 0 spiro atoms. The molecular formula is C82H73N15O10S3. The summed E-state index contributed by atoms with van der Waals surface area (Å²) >= 11 is 0. The Balaban J connectivity index is 0.000000144. The van der Waals surface area contributed by atoms with Crippen LogP contribution in [0, 0.1) is 0 Å². The number of fused-ring (bicyclic) bond motifs is 6. The molecule has 0 saturated heterocycles. The second-order valence-electron chi connectivity index (χ2n) is 25.9. The highest BCUT2D eigenvalue weighted by Gasteiger charge is 2.17. The van der Waals surface area contributed by atoms with E-state index in [9.17, 15) is 39.6 Å². The largest absolute Gasteiger partial charge is 0.465 e. The number of methoxy groups -OCH3 is 1. The standard InChI is InChI=1S/2C27H23N5O3S.C18H16N2O4S.C10H11N3/c2*1-36(34,35)23-3-5-25-21(14-23)11-18(16-31-25)12-22-13-20(7-8-29-22)27(33)32-15-17-2-4-24-19(10-17)6-9-30-26(24)28;1-24-18(21)13-5-6-19-15(9-13)8-12-7-14-10-16(25(2,22)23)3-4-17(14)20-11-12;11-6-7-1-2-9-8(5-7)3-4-13-10(9)12/h2*2-11,13-14,16H,12,15H2,1H3,(H2,28,30)(H,32,33);3-7,9-11H,8H2,1-2H3;1-5H,6,11H2,(H2,12,13). The van der Waals surface area contributed by atoms with Crippen LogP contribution in [0.3, 0.4) is 0 Å². The number of ether oxygens (including phenoxy) is 1. The van der Waals surface area contributed by atoms with Crippen molar-refractivity contribution in [1.82, 2.24) is 55.5 Å². The van der Waals surface area contributed by atoms with E-state index in [0.717, 1.165) is 81.9 Å². The van der Waals surface area contributed by atoms with Crippen molar-refractivity contribution < 1.29 is 44.4 Å². The predicted octanol–water partition coefficient (Wildman–Crippen LogP) is 11.1. The zero-order valence-corrected chi connectivity index (χ0v) is 62.4. The lowest BCUT2D eigenvalue weighted by Gasteiger charge is -2.09. The quantitative estimate of drug-likeness (QED) is 0.0461. The third kappa shape index (κ3) is 19.3. The molecule has 9 heterocycles. The third-order valence-corrected chi connectivity index (χ3v) is 21.0. The van der Waals surface area contributed by atoms with Crippen molar-refractivity contribution in [3.63, 3.8) is 0 Å². The number of nitrogens with zero attached hydrogens (tertiary/aromatic N) is 9. The van der Waals surface area contributed by atoms with Gasteiger partial charge in [0.25, 0.3) is 11.8 Å². The van der Waals surface area contributed by atoms with Crippen LogP contribution in [0.15, 0.2) is 252 Å². The van der Waals surface area contributed by atoms with Crippen LogP contribution in [-0.2, 0) is 73.1 Å². The number of amides is 2. The molecule has 554 valence electrons. The molecule has 0 aliphatic carbocycles. The van der Waals surface area contributed by atoms with Gasteiger partial charge in [0, 0.05) is 174 Å². The summed E-state index contributed by atoms with van der Waals surface area (Å²) < 4.78 is 75.7. The lowest BCUT2D eigenvalue weighted by atomic mass is 10.1. The first-order valence-corrected chi connectivity index (χ1v) is 39.7. The Morgan fingerprint density at radius 3 is 0.991 bits per heavy atom. The maximum absolute atomic E-state index is 12.8. The lowest BCUT2D eigenvalue weighted by molar-refractivity contribution is 0.0600. The molecule has 25 nitrogen and oxygen atoms in total. The first-order valence-electron chi connectivity index (χ1n) is 34.1. The molecule has 10 N–H and O–H groups in total. The highest BCUT2D eigenvalue weighted by molar-refractivity contribution is 7.91. The van der Waals surface area contributed by atoms with Crippen LogP contribution in [0.1, 0.15) is 81.5 Å². The molecule has 110 heavy (non-hydrogen) atoms. The summed E-state index contributed by atoms with van der Waals surface area (Å²) in [5, 5.41) is 13.9. The summed E-state index contributed by atoms with van der Waals surface area (Å²) in [4.78, 5) is 76.4. The predicted molar refractivity (Wildman–Crippen MR) is 426 cm³/mol. The molecule has 0 bridgehead atoms. The summed E-state index contributed by atoms with van der Waals surface area (Å²) in [6, 6.07) is 53.6. The summed E-state index contributed by atoms with van der Waals surface area (Å²) in [7, 11) is -8.57. The van der Waals surface area contributed by atoms with Crippen LogP contribution < -0.4 is 33.6 Å². The maximum Gasteiger partial charge on any atom is 0.337 e. The lowest BCUT2D eigenvalue weighted by Crippen LogP contribution is -2.23. The van der Waals surface area contributed by atoms with Gasteiger partial charge >= 0.3 is 5.97 Å². The van der Waals surface area contributed by atoms with E-state index in [4.69, 9.17) is 27.7 Å².